The number of nitro benzene ring substituents is 1. The number of nitrogens with one attached hydrogen (secondary N) is 1. The van der Waals surface area contributed by atoms with Gasteiger partial charge < -0.3 is 15.0 Å². The highest BCUT2D eigenvalue weighted by Crippen LogP contribution is 2.21. The van der Waals surface area contributed by atoms with Crippen LogP contribution in [-0.2, 0) is 9.53 Å². The van der Waals surface area contributed by atoms with E-state index in [1.807, 2.05) is 0 Å². The smallest absolute Gasteiger partial charge is 0.409 e. The zero-order valence-electron chi connectivity index (χ0n) is 13.7. The van der Waals surface area contributed by atoms with Gasteiger partial charge in [0.15, 0.2) is 0 Å². The van der Waals surface area contributed by atoms with Crippen molar-refractivity contribution in [2.75, 3.05) is 20.2 Å². The average Bonchev–Trinajstić information content (AvgIpc) is 2.61. The molecule has 2 rings (SSSR count). The molecule has 0 saturated carbocycles. The minimum absolute atomic E-state index is 0.0110. The first kappa shape index (κ1) is 17.7. The maximum atomic E-state index is 12.4. The minimum Gasteiger partial charge on any atom is -0.453 e. The SMILES string of the molecule is COC(=O)N1CCCC(C(=O)NC(C)c2cccc([N+](=O)[O-])c2)C1. The number of rotatable bonds is 4. The number of hydrogen-bond donors (Lipinski definition) is 1. The molecule has 1 aromatic carbocycles. The van der Waals surface area contributed by atoms with Crippen LogP contribution < -0.4 is 5.32 Å². The predicted octanol–water partition coefficient (Wildman–Crippen LogP) is 2.25. The van der Waals surface area contributed by atoms with Crippen molar-refractivity contribution in [1.29, 1.82) is 0 Å². The number of likely N-dealkylation sites (tertiary alicyclic amines) is 1. The lowest BCUT2D eigenvalue weighted by molar-refractivity contribution is -0.384. The molecule has 1 aliphatic rings. The number of piperidine rings is 1. The molecule has 0 spiro atoms. The molecule has 8 heteroatoms. The molecule has 8 nitrogen and oxygen atoms in total. The van der Waals surface area contributed by atoms with Crippen molar-refractivity contribution in [3.8, 4) is 0 Å². The van der Waals surface area contributed by atoms with Gasteiger partial charge in [0.1, 0.15) is 0 Å². The van der Waals surface area contributed by atoms with Gasteiger partial charge in [0.05, 0.1) is 24.0 Å². The topological polar surface area (TPSA) is 102 Å². The third-order valence-electron chi connectivity index (χ3n) is 4.16. The van der Waals surface area contributed by atoms with Crippen molar-refractivity contribution >= 4 is 17.7 Å². The molecular formula is C16H21N3O5. The second kappa shape index (κ2) is 7.76. The van der Waals surface area contributed by atoms with E-state index in [-0.39, 0.29) is 23.6 Å². The highest BCUT2D eigenvalue weighted by molar-refractivity contribution is 5.80. The number of ether oxygens (including phenoxy) is 1. The molecule has 24 heavy (non-hydrogen) atoms. The van der Waals surface area contributed by atoms with E-state index >= 15 is 0 Å². The lowest BCUT2D eigenvalue weighted by Gasteiger charge is -2.31. The molecule has 1 fully saturated rings. The summed E-state index contributed by atoms with van der Waals surface area (Å²) in [4.78, 5) is 35.9. The van der Waals surface area contributed by atoms with Gasteiger partial charge in [0.2, 0.25) is 5.91 Å². The van der Waals surface area contributed by atoms with E-state index in [4.69, 9.17) is 4.74 Å². The van der Waals surface area contributed by atoms with E-state index in [9.17, 15) is 19.7 Å². The third kappa shape index (κ3) is 4.21. The van der Waals surface area contributed by atoms with Crippen LogP contribution in [0.15, 0.2) is 24.3 Å². The Hall–Kier alpha value is -2.64. The highest BCUT2D eigenvalue weighted by atomic mass is 16.6. The Morgan fingerprint density at radius 2 is 2.21 bits per heavy atom. The molecule has 0 radical (unpaired) electrons. The van der Waals surface area contributed by atoms with Crippen molar-refractivity contribution in [2.24, 2.45) is 5.92 Å². The van der Waals surface area contributed by atoms with E-state index in [1.54, 1.807) is 19.1 Å². The quantitative estimate of drug-likeness (QED) is 0.671. The fraction of sp³-hybridized carbons (Fsp3) is 0.500. The fourth-order valence-electron chi connectivity index (χ4n) is 2.81. The molecule has 2 amide bonds. The van der Waals surface area contributed by atoms with Crippen molar-refractivity contribution in [1.82, 2.24) is 10.2 Å². The number of carbonyl (C=O) groups excluding carboxylic acids is 2. The Bertz CT molecular complexity index is 634. The van der Waals surface area contributed by atoms with E-state index in [2.05, 4.69) is 5.32 Å². The normalized spacial score (nSPS) is 18.6. The molecule has 0 aliphatic carbocycles. The number of hydrogen-bond acceptors (Lipinski definition) is 5. The minimum atomic E-state index is -0.465. The van der Waals surface area contributed by atoms with Crippen LogP contribution in [0.5, 0.6) is 0 Å². The number of carbonyl (C=O) groups is 2. The van der Waals surface area contributed by atoms with Gasteiger partial charge >= 0.3 is 6.09 Å². The van der Waals surface area contributed by atoms with E-state index in [1.165, 1.54) is 24.1 Å². The van der Waals surface area contributed by atoms with E-state index in [0.717, 1.165) is 6.42 Å². The second-order valence-corrected chi connectivity index (χ2v) is 5.84. The summed E-state index contributed by atoms with van der Waals surface area (Å²) in [6, 6.07) is 5.83. The summed E-state index contributed by atoms with van der Waals surface area (Å²) in [5.74, 6) is -0.471. The molecule has 1 aliphatic heterocycles. The van der Waals surface area contributed by atoms with Crippen molar-refractivity contribution < 1.29 is 19.2 Å². The van der Waals surface area contributed by atoms with Gasteiger partial charge in [-0.3, -0.25) is 14.9 Å². The maximum absolute atomic E-state index is 12.4. The Kier molecular flexibility index (Phi) is 5.73. The standard InChI is InChI=1S/C16H21N3O5/c1-11(12-5-3-7-14(9-12)19(22)23)17-15(20)13-6-4-8-18(10-13)16(21)24-2/h3,5,7,9,11,13H,4,6,8,10H2,1-2H3,(H,17,20). The van der Waals surface area contributed by atoms with Gasteiger partial charge in [0.25, 0.3) is 5.69 Å². The van der Waals surface area contributed by atoms with Crippen LogP contribution in [-0.4, -0.2) is 42.0 Å². The number of nitro groups is 1. The molecule has 2 unspecified atom stereocenters. The van der Waals surface area contributed by atoms with Crippen LogP contribution in [0.2, 0.25) is 0 Å². The van der Waals surface area contributed by atoms with Crippen LogP contribution in [0.1, 0.15) is 31.4 Å². The molecular weight excluding hydrogens is 314 g/mol. The predicted molar refractivity (Wildman–Crippen MR) is 86.4 cm³/mol. The Balaban J connectivity index is 1.99. The maximum Gasteiger partial charge on any atom is 0.409 e. The van der Waals surface area contributed by atoms with Gasteiger partial charge in [-0.15, -0.1) is 0 Å². The average molecular weight is 335 g/mol. The number of methoxy groups -OCH3 is 1. The Morgan fingerprint density at radius 1 is 1.46 bits per heavy atom. The number of nitrogens with zero attached hydrogens (tertiary/aromatic N) is 2. The molecule has 1 aromatic rings. The lowest BCUT2D eigenvalue weighted by atomic mass is 9.96. The monoisotopic (exact) mass is 335 g/mol. The van der Waals surface area contributed by atoms with Gasteiger partial charge in [-0.25, -0.2) is 4.79 Å². The van der Waals surface area contributed by atoms with Crippen molar-refractivity contribution in [3.63, 3.8) is 0 Å². The summed E-state index contributed by atoms with van der Waals surface area (Å²) in [5, 5.41) is 13.7. The van der Waals surface area contributed by atoms with Crippen LogP contribution in [0.4, 0.5) is 10.5 Å². The van der Waals surface area contributed by atoms with Crippen molar-refractivity contribution in [3.05, 3.63) is 39.9 Å². The zero-order chi connectivity index (χ0) is 17.7. The van der Waals surface area contributed by atoms with Crippen LogP contribution in [0, 0.1) is 16.0 Å². The Labute approximate surface area is 139 Å². The summed E-state index contributed by atoms with van der Waals surface area (Å²) in [6.45, 7) is 2.68. The van der Waals surface area contributed by atoms with Gasteiger partial charge in [-0.2, -0.15) is 0 Å². The molecule has 1 N–H and O–H groups in total. The first-order chi connectivity index (χ1) is 11.4. The first-order valence-corrected chi connectivity index (χ1v) is 7.80. The zero-order valence-corrected chi connectivity index (χ0v) is 13.7. The number of amides is 2. The van der Waals surface area contributed by atoms with Gasteiger partial charge in [0, 0.05) is 25.2 Å². The summed E-state index contributed by atoms with van der Waals surface area (Å²) < 4.78 is 4.70. The highest BCUT2D eigenvalue weighted by Gasteiger charge is 2.29. The van der Waals surface area contributed by atoms with Crippen LogP contribution in [0.3, 0.4) is 0 Å². The van der Waals surface area contributed by atoms with Crippen molar-refractivity contribution in [2.45, 2.75) is 25.8 Å². The molecule has 1 saturated heterocycles. The summed E-state index contributed by atoms with van der Waals surface area (Å²) in [7, 11) is 1.32. The molecule has 0 aromatic heterocycles. The second-order valence-electron chi connectivity index (χ2n) is 5.84. The summed E-state index contributed by atoms with van der Waals surface area (Å²) in [5.41, 5.74) is 0.654. The van der Waals surface area contributed by atoms with Crippen LogP contribution in [0.25, 0.3) is 0 Å². The van der Waals surface area contributed by atoms with E-state index in [0.29, 0.717) is 25.1 Å². The third-order valence-corrected chi connectivity index (χ3v) is 4.16. The number of benzene rings is 1. The summed E-state index contributed by atoms with van der Waals surface area (Å²) in [6.07, 6.45) is 0.999. The van der Waals surface area contributed by atoms with Gasteiger partial charge in [-0.05, 0) is 25.3 Å². The fourth-order valence-corrected chi connectivity index (χ4v) is 2.81. The lowest BCUT2D eigenvalue weighted by Crippen LogP contribution is -2.45. The number of non-ortho nitro benzene ring substituents is 1. The van der Waals surface area contributed by atoms with Gasteiger partial charge in [-0.1, -0.05) is 12.1 Å². The van der Waals surface area contributed by atoms with E-state index < -0.39 is 11.0 Å². The first-order valence-electron chi connectivity index (χ1n) is 7.80. The summed E-state index contributed by atoms with van der Waals surface area (Å²) >= 11 is 0. The largest absolute Gasteiger partial charge is 0.453 e. The van der Waals surface area contributed by atoms with Crippen LogP contribution >= 0.6 is 0 Å². The molecule has 0 bridgehead atoms. The molecule has 2 atom stereocenters. The Morgan fingerprint density at radius 3 is 2.88 bits per heavy atom. The molecule has 1 heterocycles. The molecule has 130 valence electrons.